The lowest BCUT2D eigenvalue weighted by molar-refractivity contribution is -0.159. The molecule has 1 aromatic carbocycles. The van der Waals surface area contributed by atoms with Crippen molar-refractivity contribution in [3.63, 3.8) is 0 Å². The molecule has 0 aromatic heterocycles. The first-order chi connectivity index (χ1) is 10.6. The van der Waals surface area contributed by atoms with Crippen molar-refractivity contribution >= 4 is 11.9 Å². The van der Waals surface area contributed by atoms with Gasteiger partial charge in [0, 0.05) is 0 Å². The molecule has 0 spiro atoms. The second-order valence-electron chi connectivity index (χ2n) is 6.84. The molecule has 1 N–H and O–H groups in total. The molecule has 0 heterocycles. The number of hydrogen-bond acceptors (Lipinski definition) is 4. The molecule has 0 aliphatic heterocycles. The fourth-order valence-corrected chi connectivity index (χ4v) is 2.09. The van der Waals surface area contributed by atoms with Crippen LogP contribution >= 0.6 is 0 Å². The minimum Gasteiger partial charge on any atom is -0.491 e. The Bertz CT molecular complexity index is 525. The van der Waals surface area contributed by atoms with E-state index in [1.165, 1.54) is 0 Å². The van der Waals surface area contributed by atoms with Crippen LogP contribution in [-0.2, 0) is 20.7 Å². The molecular weight excluding hydrogens is 296 g/mol. The standard InChI is InChI=1S/C18H26O5/c1-12(2)22-15-8-6-13(7-9-15)10-14(17(20)21)11-16(19)23-18(3,4)5/h6-9,12,14H,10-11H2,1-5H3,(H,20,21). The predicted octanol–water partition coefficient (Wildman–Crippen LogP) is 3.45. The van der Waals surface area contributed by atoms with Crippen molar-refractivity contribution in [1.29, 1.82) is 0 Å². The van der Waals surface area contributed by atoms with E-state index >= 15 is 0 Å². The van der Waals surface area contributed by atoms with E-state index in [0.29, 0.717) is 0 Å². The maximum absolute atomic E-state index is 11.8. The summed E-state index contributed by atoms with van der Waals surface area (Å²) >= 11 is 0. The van der Waals surface area contributed by atoms with Crippen LogP contribution in [-0.4, -0.2) is 28.8 Å². The number of carbonyl (C=O) groups is 2. The first-order valence-electron chi connectivity index (χ1n) is 7.77. The minimum absolute atomic E-state index is 0.0831. The summed E-state index contributed by atoms with van der Waals surface area (Å²) in [6.45, 7) is 9.15. The van der Waals surface area contributed by atoms with E-state index in [9.17, 15) is 14.7 Å². The summed E-state index contributed by atoms with van der Waals surface area (Å²) in [4.78, 5) is 23.2. The number of aliphatic carboxylic acids is 1. The number of benzene rings is 1. The van der Waals surface area contributed by atoms with Gasteiger partial charge in [0.05, 0.1) is 18.4 Å². The average Bonchev–Trinajstić information content (AvgIpc) is 2.37. The first kappa shape index (κ1) is 19.0. The van der Waals surface area contributed by atoms with Gasteiger partial charge in [-0.15, -0.1) is 0 Å². The zero-order valence-electron chi connectivity index (χ0n) is 14.5. The Kier molecular flexibility index (Phi) is 6.61. The smallest absolute Gasteiger partial charge is 0.307 e. The highest BCUT2D eigenvalue weighted by Crippen LogP contribution is 2.19. The summed E-state index contributed by atoms with van der Waals surface area (Å²) in [6.07, 6.45) is 0.215. The van der Waals surface area contributed by atoms with Gasteiger partial charge in [-0.25, -0.2) is 0 Å². The number of carboxylic acid groups (broad SMARTS) is 1. The zero-order valence-corrected chi connectivity index (χ0v) is 14.5. The topological polar surface area (TPSA) is 72.8 Å². The first-order valence-corrected chi connectivity index (χ1v) is 7.77. The van der Waals surface area contributed by atoms with Crippen molar-refractivity contribution in [3.8, 4) is 5.75 Å². The normalized spacial score (nSPS) is 12.8. The van der Waals surface area contributed by atoms with E-state index in [1.54, 1.807) is 20.8 Å². The summed E-state index contributed by atoms with van der Waals surface area (Å²) < 4.78 is 10.7. The second-order valence-corrected chi connectivity index (χ2v) is 6.84. The van der Waals surface area contributed by atoms with Crippen LogP contribution in [0.4, 0.5) is 0 Å². The van der Waals surface area contributed by atoms with E-state index in [4.69, 9.17) is 9.47 Å². The molecule has 1 unspecified atom stereocenters. The Balaban J connectivity index is 2.69. The van der Waals surface area contributed by atoms with Gasteiger partial charge in [-0.1, -0.05) is 12.1 Å². The highest BCUT2D eigenvalue weighted by atomic mass is 16.6. The average molecular weight is 322 g/mol. The third kappa shape index (κ3) is 7.68. The molecule has 0 aliphatic carbocycles. The van der Waals surface area contributed by atoms with Gasteiger partial charge in [0.1, 0.15) is 11.4 Å². The van der Waals surface area contributed by atoms with Crippen molar-refractivity contribution in [2.75, 3.05) is 0 Å². The maximum atomic E-state index is 11.8. The van der Waals surface area contributed by atoms with Crippen molar-refractivity contribution in [2.45, 2.75) is 59.2 Å². The lowest BCUT2D eigenvalue weighted by Gasteiger charge is -2.21. The van der Waals surface area contributed by atoms with Crippen LogP contribution in [0.15, 0.2) is 24.3 Å². The number of rotatable bonds is 7. The molecular formula is C18H26O5. The Labute approximate surface area is 137 Å². The highest BCUT2D eigenvalue weighted by Gasteiger charge is 2.25. The fourth-order valence-electron chi connectivity index (χ4n) is 2.09. The molecule has 23 heavy (non-hydrogen) atoms. The summed E-state index contributed by atoms with van der Waals surface area (Å²) in [7, 11) is 0. The van der Waals surface area contributed by atoms with Gasteiger partial charge in [-0.05, 0) is 58.7 Å². The minimum atomic E-state index is -1.00. The van der Waals surface area contributed by atoms with Crippen LogP contribution in [0, 0.1) is 5.92 Å². The number of ether oxygens (including phenoxy) is 2. The van der Waals surface area contributed by atoms with Crippen molar-refractivity contribution in [2.24, 2.45) is 5.92 Å². The number of carbonyl (C=O) groups excluding carboxylic acids is 1. The van der Waals surface area contributed by atoms with Gasteiger partial charge >= 0.3 is 11.9 Å². The summed E-state index contributed by atoms with van der Waals surface area (Å²) in [5.74, 6) is -1.56. The molecule has 128 valence electrons. The third-order valence-corrected chi connectivity index (χ3v) is 2.96. The molecule has 0 amide bonds. The zero-order chi connectivity index (χ0) is 17.6. The molecule has 0 saturated heterocycles. The molecule has 0 bridgehead atoms. The molecule has 0 radical (unpaired) electrons. The van der Waals surface area contributed by atoms with Crippen LogP contribution in [0.1, 0.15) is 46.6 Å². The largest absolute Gasteiger partial charge is 0.491 e. The molecule has 5 nitrogen and oxygen atoms in total. The van der Waals surface area contributed by atoms with Crippen LogP contribution < -0.4 is 4.74 Å². The Hall–Kier alpha value is -2.04. The Morgan fingerprint density at radius 2 is 1.70 bits per heavy atom. The number of esters is 1. The van der Waals surface area contributed by atoms with E-state index in [2.05, 4.69) is 0 Å². The molecule has 5 heteroatoms. The van der Waals surface area contributed by atoms with E-state index in [-0.39, 0.29) is 18.9 Å². The molecule has 0 saturated carbocycles. The molecule has 1 atom stereocenters. The quantitative estimate of drug-likeness (QED) is 0.778. The second kappa shape index (κ2) is 7.99. The Morgan fingerprint density at radius 3 is 2.13 bits per heavy atom. The van der Waals surface area contributed by atoms with Crippen LogP contribution in [0.2, 0.25) is 0 Å². The number of carboxylic acids is 1. The summed E-state index contributed by atoms with van der Waals surface area (Å²) in [5, 5.41) is 9.32. The van der Waals surface area contributed by atoms with Gasteiger partial charge in [0.2, 0.25) is 0 Å². The van der Waals surface area contributed by atoms with Crippen molar-refractivity contribution in [1.82, 2.24) is 0 Å². The van der Waals surface area contributed by atoms with E-state index in [1.807, 2.05) is 38.1 Å². The van der Waals surface area contributed by atoms with E-state index < -0.39 is 23.5 Å². The van der Waals surface area contributed by atoms with Gasteiger partial charge in [0.15, 0.2) is 0 Å². The fraction of sp³-hybridized carbons (Fsp3) is 0.556. The van der Waals surface area contributed by atoms with E-state index in [0.717, 1.165) is 11.3 Å². The highest BCUT2D eigenvalue weighted by molar-refractivity contribution is 5.79. The third-order valence-electron chi connectivity index (χ3n) is 2.96. The van der Waals surface area contributed by atoms with Crippen LogP contribution in [0.3, 0.4) is 0 Å². The maximum Gasteiger partial charge on any atom is 0.307 e. The van der Waals surface area contributed by atoms with Gasteiger partial charge in [-0.3, -0.25) is 9.59 Å². The van der Waals surface area contributed by atoms with Crippen LogP contribution in [0.25, 0.3) is 0 Å². The summed E-state index contributed by atoms with van der Waals surface area (Å²) in [5.41, 5.74) is 0.229. The van der Waals surface area contributed by atoms with Crippen LogP contribution in [0.5, 0.6) is 5.75 Å². The predicted molar refractivity (Wildman–Crippen MR) is 87.5 cm³/mol. The SMILES string of the molecule is CC(C)Oc1ccc(CC(CC(=O)OC(C)(C)C)C(=O)O)cc1. The van der Waals surface area contributed by atoms with Gasteiger partial charge < -0.3 is 14.6 Å². The monoisotopic (exact) mass is 322 g/mol. The van der Waals surface area contributed by atoms with Gasteiger partial charge in [-0.2, -0.15) is 0 Å². The lowest BCUT2D eigenvalue weighted by Crippen LogP contribution is -2.28. The van der Waals surface area contributed by atoms with Crippen molar-refractivity contribution < 1.29 is 24.2 Å². The lowest BCUT2D eigenvalue weighted by atomic mass is 9.96. The van der Waals surface area contributed by atoms with Gasteiger partial charge in [0.25, 0.3) is 0 Å². The van der Waals surface area contributed by atoms with Crippen molar-refractivity contribution in [3.05, 3.63) is 29.8 Å². The summed E-state index contributed by atoms with van der Waals surface area (Å²) in [6, 6.07) is 7.26. The molecule has 1 rings (SSSR count). The number of hydrogen-bond donors (Lipinski definition) is 1. The molecule has 0 aliphatic rings. The Morgan fingerprint density at radius 1 is 1.13 bits per heavy atom. The molecule has 0 fully saturated rings. The molecule has 1 aromatic rings.